The Bertz CT molecular complexity index is 1710. The summed E-state index contributed by atoms with van der Waals surface area (Å²) in [6, 6.07) is 9.68. The zero-order valence-electron chi connectivity index (χ0n) is 24.5. The van der Waals surface area contributed by atoms with E-state index < -0.39 is 83.8 Å². The van der Waals surface area contributed by atoms with Crippen molar-refractivity contribution in [1.82, 2.24) is 0 Å². The SMILES string of the molecule is CC(=O)O[C@H]1[C@H](O)[C@@H](OC(=O)/C=C/c2ccc(O)c(O)c2)[C@H](Oc2ccc(C(=O)/C=C/c3ccc(O)c(O)c3)c(O)c2O)O[C@@H]1CO. The van der Waals surface area contributed by atoms with Gasteiger partial charge in [0.2, 0.25) is 12.0 Å². The maximum absolute atomic E-state index is 12.7. The van der Waals surface area contributed by atoms with Crippen molar-refractivity contribution in [3.63, 3.8) is 0 Å². The van der Waals surface area contributed by atoms with Crippen LogP contribution >= 0.6 is 0 Å². The van der Waals surface area contributed by atoms with Crippen LogP contribution in [0.15, 0.2) is 60.7 Å². The largest absolute Gasteiger partial charge is 0.504 e. The van der Waals surface area contributed by atoms with Crippen LogP contribution in [0, 0.1) is 0 Å². The molecule has 15 nitrogen and oxygen atoms in total. The summed E-state index contributed by atoms with van der Waals surface area (Å²) < 4.78 is 21.7. The third-order valence-corrected chi connectivity index (χ3v) is 6.81. The molecule has 0 spiro atoms. The van der Waals surface area contributed by atoms with Gasteiger partial charge in [-0.25, -0.2) is 4.79 Å². The minimum absolute atomic E-state index is 0.287. The second kappa shape index (κ2) is 14.6. The number of hydrogen-bond acceptors (Lipinski definition) is 15. The van der Waals surface area contributed by atoms with Crippen LogP contribution in [0.4, 0.5) is 0 Å². The van der Waals surface area contributed by atoms with Gasteiger partial charge < -0.3 is 59.8 Å². The summed E-state index contributed by atoms with van der Waals surface area (Å²) in [7, 11) is 0. The molecule has 1 aliphatic heterocycles. The average Bonchev–Trinajstić information content (AvgIpc) is 3.03. The van der Waals surface area contributed by atoms with Crippen molar-refractivity contribution in [3.05, 3.63) is 77.4 Å². The number of aliphatic hydroxyl groups excluding tert-OH is 2. The molecule has 1 fully saturated rings. The third-order valence-electron chi connectivity index (χ3n) is 6.81. The number of phenols is 6. The van der Waals surface area contributed by atoms with E-state index in [0.29, 0.717) is 5.56 Å². The molecule has 3 aromatic carbocycles. The molecule has 4 rings (SSSR count). The van der Waals surface area contributed by atoms with Crippen molar-refractivity contribution in [1.29, 1.82) is 0 Å². The monoisotopic (exact) mass is 654 g/mol. The van der Waals surface area contributed by atoms with Gasteiger partial charge in [0.25, 0.3) is 0 Å². The molecule has 0 bridgehead atoms. The van der Waals surface area contributed by atoms with Gasteiger partial charge in [-0.15, -0.1) is 0 Å². The lowest BCUT2D eigenvalue weighted by atomic mass is 9.98. The van der Waals surface area contributed by atoms with Gasteiger partial charge in [0.05, 0.1) is 12.2 Å². The van der Waals surface area contributed by atoms with E-state index in [9.17, 15) is 55.2 Å². The highest BCUT2D eigenvalue weighted by atomic mass is 16.7. The lowest BCUT2D eigenvalue weighted by Gasteiger charge is -2.42. The Kier molecular flexibility index (Phi) is 10.6. The number of ketones is 1. The summed E-state index contributed by atoms with van der Waals surface area (Å²) in [6.45, 7) is 0.240. The van der Waals surface area contributed by atoms with Crippen LogP contribution in [-0.2, 0) is 23.8 Å². The fourth-order valence-corrected chi connectivity index (χ4v) is 4.47. The van der Waals surface area contributed by atoms with Crippen molar-refractivity contribution in [2.75, 3.05) is 6.61 Å². The molecule has 47 heavy (non-hydrogen) atoms. The first-order chi connectivity index (χ1) is 22.3. The lowest BCUT2D eigenvalue weighted by Crippen LogP contribution is -2.62. The fraction of sp³-hybridized carbons (Fsp3) is 0.219. The van der Waals surface area contributed by atoms with Crippen molar-refractivity contribution in [3.8, 4) is 40.2 Å². The molecule has 0 unspecified atom stereocenters. The van der Waals surface area contributed by atoms with Gasteiger partial charge in [-0.2, -0.15) is 0 Å². The smallest absolute Gasteiger partial charge is 0.331 e. The van der Waals surface area contributed by atoms with Crippen molar-refractivity contribution < 1.29 is 74.2 Å². The number of ether oxygens (including phenoxy) is 4. The predicted molar refractivity (Wildman–Crippen MR) is 160 cm³/mol. The molecule has 1 saturated heterocycles. The number of rotatable bonds is 10. The normalized spacial score (nSPS) is 21.0. The molecule has 1 heterocycles. The minimum atomic E-state index is -1.84. The highest BCUT2D eigenvalue weighted by molar-refractivity contribution is 6.09. The van der Waals surface area contributed by atoms with Gasteiger partial charge in [0, 0.05) is 13.0 Å². The Labute approximate surface area is 266 Å². The molecular formula is C32H30O15. The van der Waals surface area contributed by atoms with Gasteiger partial charge in [0.15, 0.2) is 52.5 Å². The van der Waals surface area contributed by atoms with Gasteiger partial charge in [0.1, 0.15) is 12.2 Å². The number of carbonyl (C=O) groups is 3. The first-order valence-corrected chi connectivity index (χ1v) is 13.8. The predicted octanol–water partition coefficient (Wildman–Crippen LogP) is 1.83. The van der Waals surface area contributed by atoms with E-state index in [1.807, 2.05) is 0 Å². The van der Waals surface area contributed by atoms with Crippen molar-refractivity contribution in [2.24, 2.45) is 0 Å². The van der Waals surface area contributed by atoms with Crippen LogP contribution in [0.25, 0.3) is 12.2 Å². The number of esters is 2. The average molecular weight is 655 g/mol. The number of hydrogen-bond donors (Lipinski definition) is 8. The van der Waals surface area contributed by atoms with E-state index in [4.69, 9.17) is 18.9 Å². The molecule has 15 heteroatoms. The van der Waals surface area contributed by atoms with Gasteiger partial charge in [-0.05, 0) is 59.7 Å². The molecular weight excluding hydrogens is 624 g/mol. The number of benzene rings is 3. The van der Waals surface area contributed by atoms with Crippen molar-refractivity contribution in [2.45, 2.75) is 37.6 Å². The Balaban J connectivity index is 1.58. The highest BCUT2D eigenvalue weighted by Gasteiger charge is 2.50. The summed E-state index contributed by atoms with van der Waals surface area (Å²) in [5, 5.41) is 80.4. The van der Waals surface area contributed by atoms with E-state index in [0.717, 1.165) is 37.3 Å². The molecule has 3 aromatic rings. The Morgan fingerprint density at radius 1 is 0.766 bits per heavy atom. The standard InChI is InChI=1S/C32H30O15/c1-15(34)44-30-25(14-33)46-32(31(29(30)43)47-26(40)11-5-17-4-9-21(37)23(39)13-17)45-24-10-6-18(27(41)28(24)42)19(35)7-2-16-3-8-20(36)22(38)12-16/h2-13,25,29-33,36-39,41-43H,14H2,1H3/b7-2+,11-5+/t25-,29+,30-,31-,32-/m1/s1. The molecule has 5 atom stereocenters. The topological polar surface area (TPSA) is 250 Å². The summed E-state index contributed by atoms with van der Waals surface area (Å²) in [5.74, 6) is -6.68. The maximum Gasteiger partial charge on any atom is 0.331 e. The zero-order valence-corrected chi connectivity index (χ0v) is 24.5. The molecule has 0 aliphatic carbocycles. The van der Waals surface area contributed by atoms with E-state index >= 15 is 0 Å². The van der Waals surface area contributed by atoms with Crippen LogP contribution in [0.1, 0.15) is 28.4 Å². The second-order valence-electron chi connectivity index (χ2n) is 10.1. The first kappa shape index (κ1) is 34.1. The van der Waals surface area contributed by atoms with Crippen LogP contribution in [-0.4, -0.2) is 95.9 Å². The van der Waals surface area contributed by atoms with Crippen LogP contribution in [0.3, 0.4) is 0 Å². The number of allylic oxidation sites excluding steroid dienone is 1. The lowest BCUT2D eigenvalue weighted by molar-refractivity contribution is -0.284. The third kappa shape index (κ3) is 8.09. The van der Waals surface area contributed by atoms with Gasteiger partial charge in [-0.1, -0.05) is 18.2 Å². The maximum atomic E-state index is 12.7. The molecule has 8 N–H and O–H groups in total. The number of carbonyl (C=O) groups excluding carboxylic acids is 3. The van der Waals surface area contributed by atoms with E-state index in [1.54, 1.807) is 0 Å². The van der Waals surface area contributed by atoms with Gasteiger partial charge >= 0.3 is 11.9 Å². The van der Waals surface area contributed by atoms with Crippen LogP contribution in [0.2, 0.25) is 0 Å². The zero-order chi connectivity index (χ0) is 34.4. The molecule has 248 valence electrons. The molecule has 0 aromatic heterocycles. The first-order valence-electron chi connectivity index (χ1n) is 13.8. The second-order valence-corrected chi connectivity index (χ2v) is 10.1. The summed E-state index contributed by atoms with van der Waals surface area (Å²) >= 11 is 0. The number of aromatic hydroxyl groups is 6. The molecule has 0 saturated carbocycles. The van der Waals surface area contributed by atoms with E-state index in [2.05, 4.69) is 0 Å². The van der Waals surface area contributed by atoms with E-state index in [1.165, 1.54) is 42.5 Å². The highest BCUT2D eigenvalue weighted by Crippen LogP contribution is 2.40. The van der Waals surface area contributed by atoms with Crippen LogP contribution in [0.5, 0.6) is 40.2 Å². The summed E-state index contributed by atoms with van der Waals surface area (Å²) in [6.07, 6.45) is -3.87. The van der Waals surface area contributed by atoms with Gasteiger partial charge in [-0.3, -0.25) is 9.59 Å². The van der Waals surface area contributed by atoms with E-state index in [-0.39, 0.29) is 22.6 Å². The molecule has 0 amide bonds. The fourth-order valence-electron chi connectivity index (χ4n) is 4.47. The minimum Gasteiger partial charge on any atom is -0.504 e. The number of phenolic OH excluding ortho intramolecular Hbond substituents is 6. The molecule has 0 radical (unpaired) electrons. The Hall–Kier alpha value is -5.77. The Morgan fingerprint density at radius 3 is 1.91 bits per heavy atom. The summed E-state index contributed by atoms with van der Waals surface area (Å²) in [5.41, 5.74) is 0.261. The van der Waals surface area contributed by atoms with Crippen LogP contribution < -0.4 is 4.74 Å². The van der Waals surface area contributed by atoms with Crippen molar-refractivity contribution >= 4 is 29.9 Å². The molecule has 1 aliphatic rings. The quantitative estimate of drug-likeness (QED) is 0.0672. The summed E-state index contributed by atoms with van der Waals surface area (Å²) in [4.78, 5) is 37.2. The number of aliphatic hydroxyl groups is 2. The Morgan fingerprint density at radius 2 is 1.36 bits per heavy atom.